The lowest BCUT2D eigenvalue weighted by Gasteiger charge is -2.14. The predicted octanol–water partition coefficient (Wildman–Crippen LogP) is 5.65. The van der Waals surface area contributed by atoms with Crippen molar-refractivity contribution in [2.24, 2.45) is 0 Å². The molecule has 0 aromatic heterocycles. The maximum Gasteiger partial charge on any atom is 0.167 e. The minimum Gasteiger partial charge on any atom is -0.294 e. The highest BCUT2D eigenvalue weighted by Crippen LogP contribution is 2.26. The van der Waals surface area contributed by atoms with Crippen LogP contribution < -0.4 is 0 Å². The molecule has 2 rings (SSSR count). The number of carbonyl (C=O) groups excluding carboxylic acids is 1. The van der Waals surface area contributed by atoms with Gasteiger partial charge in [-0.1, -0.05) is 35.3 Å². The molecule has 2 aromatic carbocycles. The van der Waals surface area contributed by atoms with Crippen LogP contribution >= 0.6 is 23.2 Å². The van der Waals surface area contributed by atoms with Gasteiger partial charge < -0.3 is 0 Å². The van der Waals surface area contributed by atoms with Gasteiger partial charge in [0, 0.05) is 12.0 Å². The third-order valence-electron chi connectivity index (χ3n) is 3.99. The van der Waals surface area contributed by atoms with E-state index in [1.165, 1.54) is 0 Å². The number of benzene rings is 2. The van der Waals surface area contributed by atoms with E-state index in [2.05, 4.69) is 6.07 Å². The van der Waals surface area contributed by atoms with Crippen molar-refractivity contribution < 1.29 is 4.79 Å². The summed E-state index contributed by atoms with van der Waals surface area (Å²) in [5.41, 5.74) is 6.13. The Labute approximate surface area is 135 Å². The quantitative estimate of drug-likeness (QED) is 0.667. The van der Waals surface area contributed by atoms with E-state index in [1.54, 1.807) is 12.1 Å². The summed E-state index contributed by atoms with van der Waals surface area (Å²) in [4.78, 5) is 12.7. The van der Waals surface area contributed by atoms with Crippen LogP contribution in [-0.2, 0) is 6.42 Å². The molecule has 0 heterocycles. The summed E-state index contributed by atoms with van der Waals surface area (Å²) in [7, 11) is 0. The van der Waals surface area contributed by atoms with Crippen LogP contribution in [0.3, 0.4) is 0 Å². The molecule has 0 fully saturated rings. The van der Waals surface area contributed by atoms with Gasteiger partial charge in [0.05, 0.1) is 10.0 Å². The van der Waals surface area contributed by atoms with Crippen LogP contribution in [0.2, 0.25) is 10.0 Å². The van der Waals surface area contributed by atoms with Gasteiger partial charge >= 0.3 is 0 Å². The first-order valence-electron chi connectivity index (χ1n) is 6.85. The number of carbonyl (C=O) groups is 1. The van der Waals surface area contributed by atoms with Crippen LogP contribution in [0.15, 0.2) is 24.3 Å². The van der Waals surface area contributed by atoms with E-state index < -0.39 is 0 Å². The molecule has 1 nitrogen and oxygen atoms in total. The Hall–Kier alpha value is -1.31. The SMILES string of the molecule is Cc1cc(C)c(C)c(C(=O)Cc2ccc(Cl)c(Cl)c2)c1C. The summed E-state index contributed by atoms with van der Waals surface area (Å²) in [6.07, 6.45) is 0.335. The fourth-order valence-electron chi connectivity index (χ4n) is 2.56. The van der Waals surface area contributed by atoms with E-state index >= 15 is 0 Å². The first-order chi connectivity index (χ1) is 9.81. The number of aryl methyl sites for hydroxylation is 2. The van der Waals surface area contributed by atoms with Crippen molar-refractivity contribution >= 4 is 29.0 Å². The van der Waals surface area contributed by atoms with Crippen molar-refractivity contribution in [3.05, 3.63) is 67.7 Å². The molecule has 0 aliphatic carbocycles. The molecule has 0 saturated carbocycles. The molecule has 0 aliphatic rings. The normalized spacial score (nSPS) is 10.8. The maximum absolute atomic E-state index is 12.7. The molecule has 110 valence electrons. The average molecular weight is 321 g/mol. The molecule has 0 bridgehead atoms. The van der Waals surface area contributed by atoms with Crippen molar-refractivity contribution in [1.29, 1.82) is 0 Å². The fourth-order valence-corrected chi connectivity index (χ4v) is 2.88. The average Bonchev–Trinajstić information content (AvgIpc) is 2.41. The molecule has 0 spiro atoms. The standard InChI is InChI=1S/C18H18Cl2O/c1-10-7-11(2)13(4)18(12(10)3)17(21)9-14-5-6-15(19)16(20)8-14/h5-8H,9H2,1-4H3. The number of Topliss-reactive ketones (excluding diaryl/α,β-unsaturated/α-hetero) is 1. The van der Waals surface area contributed by atoms with E-state index in [0.29, 0.717) is 16.5 Å². The van der Waals surface area contributed by atoms with Gasteiger partial charge in [-0.3, -0.25) is 4.79 Å². The zero-order valence-electron chi connectivity index (χ0n) is 12.7. The summed E-state index contributed by atoms with van der Waals surface area (Å²) in [6.45, 7) is 8.09. The monoisotopic (exact) mass is 320 g/mol. The molecule has 0 N–H and O–H groups in total. The molecule has 0 amide bonds. The Morgan fingerprint density at radius 1 is 0.905 bits per heavy atom. The fraction of sp³-hybridized carbons (Fsp3) is 0.278. The lowest BCUT2D eigenvalue weighted by Crippen LogP contribution is -2.10. The molecule has 0 radical (unpaired) electrons. The third kappa shape index (κ3) is 3.30. The third-order valence-corrected chi connectivity index (χ3v) is 4.73. The molecular formula is C18H18Cl2O. The molecular weight excluding hydrogens is 303 g/mol. The van der Waals surface area contributed by atoms with Crippen LogP contribution in [0.5, 0.6) is 0 Å². The number of ketones is 1. The lowest BCUT2D eigenvalue weighted by molar-refractivity contribution is 0.0991. The van der Waals surface area contributed by atoms with E-state index in [0.717, 1.165) is 33.4 Å². The zero-order valence-corrected chi connectivity index (χ0v) is 14.2. The Balaban J connectivity index is 2.39. The molecule has 0 unspecified atom stereocenters. The lowest BCUT2D eigenvalue weighted by atomic mass is 9.89. The van der Waals surface area contributed by atoms with Gasteiger partial charge in [-0.25, -0.2) is 0 Å². The Bertz CT molecular complexity index is 691. The summed E-state index contributed by atoms with van der Waals surface area (Å²) < 4.78 is 0. The minimum atomic E-state index is 0.121. The van der Waals surface area contributed by atoms with E-state index in [1.807, 2.05) is 33.8 Å². The van der Waals surface area contributed by atoms with E-state index in [4.69, 9.17) is 23.2 Å². The second-order valence-electron chi connectivity index (χ2n) is 5.48. The van der Waals surface area contributed by atoms with Crippen molar-refractivity contribution in [1.82, 2.24) is 0 Å². The van der Waals surface area contributed by atoms with Crippen LogP contribution in [0.1, 0.15) is 38.2 Å². The van der Waals surface area contributed by atoms with Gasteiger partial charge in [0.25, 0.3) is 0 Å². The van der Waals surface area contributed by atoms with E-state index in [9.17, 15) is 4.79 Å². The summed E-state index contributed by atoms with van der Waals surface area (Å²) in [5, 5.41) is 0.988. The van der Waals surface area contributed by atoms with Crippen molar-refractivity contribution in [2.75, 3.05) is 0 Å². The van der Waals surface area contributed by atoms with Crippen LogP contribution in [-0.4, -0.2) is 5.78 Å². The Morgan fingerprint density at radius 3 is 2.00 bits per heavy atom. The molecule has 0 aliphatic heterocycles. The first-order valence-corrected chi connectivity index (χ1v) is 7.61. The summed E-state index contributed by atoms with van der Waals surface area (Å²) >= 11 is 11.9. The van der Waals surface area contributed by atoms with E-state index in [-0.39, 0.29) is 5.78 Å². The van der Waals surface area contributed by atoms with Crippen molar-refractivity contribution in [3.8, 4) is 0 Å². The van der Waals surface area contributed by atoms with Gasteiger partial charge in [-0.05, 0) is 67.6 Å². The molecule has 0 saturated heterocycles. The number of rotatable bonds is 3. The van der Waals surface area contributed by atoms with Gasteiger partial charge in [0.2, 0.25) is 0 Å². The second kappa shape index (κ2) is 6.21. The highest BCUT2D eigenvalue weighted by Gasteiger charge is 2.16. The Kier molecular flexibility index (Phi) is 4.75. The second-order valence-corrected chi connectivity index (χ2v) is 6.30. The van der Waals surface area contributed by atoms with Crippen LogP contribution in [0, 0.1) is 27.7 Å². The highest BCUT2D eigenvalue weighted by atomic mass is 35.5. The topological polar surface area (TPSA) is 17.1 Å². The molecule has 0 atom stereocenters. The number of hydrogen-bond acceptors (Lipinski definition) is 1. The van der Waals surface area contributed by atoms with Gasteiger partial charge in [-0.15, -0.1) is 0 Å². The Morgan fingerprint density at radius 2 is 1.48 bits per heavy atom. The molecule has 3 heteroatoms. The largest absolute Gasteiger partial charge is 0.294 e. The summed E-state index contributed by atoms with van der Waals surface area (Å²) in [6, 6.07) is 7.46. The smallest absolute Gasteiger partial charge is 0.167 e. The highest BCUT2D eigenvalue weighted by molar-refractivity contribution is 6.42. The first kappa shape index (κ1) is 16.1. The number of hydrogen-bond donors (Lipinski definition) is 0. The maximum atomic E-state index is 12.7. The predicted molar refractivity (Wildman–Crippen MR) is 89.9 cm³/mol. The molecule has 21 heavy (non-hydrogen) atoms. The van der Waals surface area contributed by atoms with Gasteiger partial charge in [-0.2, -0.15) is 0 Å². The van der Waals surface area contributed by atoms with Crippen LogP contribution in [0.25, 0.3) is 0 Å². The minimum absolute atomic E-state index is 0.121. The summed E-state index contributed by atoms with van der Waals surface area (Å²) in [5.74, 6) is 0.121. The van der Waals surface area contributed by atoms with Gasteiger partial charge in [0.1, 0.15) is 0 Å². The van der Waals surface area contributed by atoms with Crippen LogP contribution in [0.4, 0.5) is 0 Å². The van der Waals surface area contributed by atoms with Crippen molar-refractivity contribution in [2.45, 2.75) is 34.1 Å². The van der Waals surface area contributed by atoms with Gasteiger partial charge in [0.15, 0.2) is 5.78 Å². The molecule has 2 aromatic rings. The zero-order chi connectivity index (χ0) is 15.7. The van der Waals surface area contributed by atoms with Crippen molar-refractivity contribution in [3.63, 3.8) is 0 Å². The number of halogens is 2.